The summed E-state index contributed by atoms with van der Waals surface area (Å²) >= 11 is 1.73. The van der Waals surface area contributed by atoms with Crippen LogP contribution in [0.2, 0.25) is 0 Å². The van der Waals surface area contributed by atoms with Crippen LogP contribution in [0.15, 0.2) is 81.5 Å². The summed E-state index contributed by atoms with van der Waals surface area (Å²) in [4.78, 5) is 17.8. The Labute approximate surface area is 157 Å². The van der Waals surface area contributed by atoms with E-state index in [9.17, 15) is 4.79 Å². The van der Waals surface area contributed by atoms with Crippen molar-refractivity contribution < 1.29 is 9.90 Å². The van der Waals surface area contributed by atoms with Crippen molar-refractivity contribution in [2.45, 2.75) is 23.6 Å². The van der Waals surface area contributed by atoms with Crippen LogP contribution in [-0.4, -0.2) is 17.3 Å². The zero-order valence-corrected chi connectivity index (χ0v) is 15.5. The number of benzene rings is 3. The highest BCUT2D eigenvalue weighted by Gasteiger charge is 2.04. The van der Waals surface area contributed by atoms with Crippen LogP contribution in [0.3, 0.4) is 0 Å². The molecule has 0 atom stereocenters. The van der Waals surface area contributed by atoms with Gasteiger partial charge in [0.25, 0.3) is 0 Å². The summed E-state index contributed by atoms with van der Waals surface area (Å²) in [5.41, 5.74) is 4.15. The number of hydrogen-bond donors (Lipinski definition) is 1. The first-order valence-electron chi connectivity index (χ1n) is 8.24. The Balaban J connectivity index is 1.70. The molecule has 0 aliphatic carbocycles. The van der Waals surface area contributed by atoms with Crippen LogP contribution < -0.4 is 0 Å². The van der Waals surface area contributed by atoms with E-state index < -0.39 is 5.97 Å². The minimum Gasteiger partial charge on any atom is -0.478 e. The zero-order chi connectivity index (χ0) is 18.5. The van der Waals surface area contributed by atoms with Gasteiger partial charge in [-0.1, -0.05) is 41.6 Å². The van der Waals surface area contributed by atoms with E-state index in [1.165, 1.54) is 15.4 Å². The molecule has 0 bridgehead atoms. The molecule has 0 aliphatic rings. The van der Waals surface area contributed by atoms with Crippen molar-refractivity contribution >= 4 is 29.6 Å². The topological polar surface area (TPSA) is 49.7 Å². The molecule has 3 nitrogen and oxygen atoms in total. The average molecular weight is 361 g/mol. The van der Waals surface area contributed by atoms with Crippen molar-refractivity contribution in [3.05, 3.63) is 89.0 Å². The largest absolute Gasteiger partial charge is 0.478 e. The number of aliphatic imine (C=N–C) groups is 1. The molecule has 0 aromatic heterocycles. The maximum Gasteiger partial charge on any atom is 0.335 e. The highest BCUT2D eigenvalue weighted by atomic mass is 32.2. The van der Waals surface area contributed by atoms with Gasteiger partial charge in [0.05, 0.1) is 11.3 Å². The quantitative estimate of drug-likeness (QED) is 0.575. The van der Waals surface area contributed by atoms with Gasteiger partial charge in [-0.25, -0.2) is 4.79 Å². The molecule has 3 aromatic carbocycles. The normalized spacial score (nSPS) is 11.0. The molecule has 0 saturated heterocycles. The average Bonchev–Trinajstić information content (AvgIpc) is 2.63. The van der Waals surface area contributed by atoms with Gasteiger partial charge < -0.3 is 5.11 Å². The number of carboxylic acids is 1. The summed E-state index contributed by atoms with van der Waals surface area (Å²) in [5, 5.41) is 9.01. The predicted octanol–water partition coefficient (Wildman–Crippen LogP) is 5.90. The number of rotatable bonds is 5. The molecule has 0 fully saturated rings. The van der Waals surface area contributed by atoms with Crippen molar-refractivity contribution in [3.63, 3.8) is 0 Å². The number of nitrogens with zero attached hydrogens (tertiary/aromatic N) is 1. The number of aromatic carboxylic acids is 1. The lowest BCUT2D eigenvalue weighted by atomic mass is 10.1. The molecular weight excluding hydrogens is 342 g/mol. The summed E-state index contributed by atoms with van der Waals surface area (Å²) in [6.07, 6.45) is 1.79. The molecule has 0 heterocycles. The van der Waals surface area contributed by atoms with E-state index in [2.05, 4.69) is 48.3 Å². The highest BCUT2D eigenvalue weighted by molar-refractivity contribution is 7.99. The van der Waals surface area contributed by atoms with Crippen molar-refractivity contribution in [3.8, 4) is 0 Å². The van der Waals surface area contributed by atoms with E-state index in [0.717, 1.165) is 16.8 Å². The van der Waals surface area contributed by atoms with Gasteiger partial charge in [-0.15, -0.1) is 0 Å². The van der Waals surface area contributed by atoms with Gasteiger partial charge in [-0.05, 0) is 67.4 Å². The molecule has 3 rings (SSSR count). The van der Waals surface area contributed by atoms with Crippen LogP contribution in [0.25, 0.3) is 0 Å². The fraction of sp³-hybridized carbons (Fsp3) is 0.0909. The van der Waals surface area contributed by atoms with Crippen LogP contribution in [-0.2, 0) is 0 Å². The molecule has 0 unspecified atom stereocenters. The van der Waals surface area contributed by atoms with Crippen LogP contribution in [0.5, 0.6) is 0 Å². The van der Waals surface area contributed by atoms with Crippen LogP contribution >= 0.6 is 11.8 Å². The molecule has 0 radical (unpaired) electrons. The van der Waals surface area contributed by atoms with Crippen LogP contribution in [0.4, 0.5) is 5.69 Å². The monoisotopic (exact) mass is 361 g/mol. The van der Waals surface area contributed by atoms with E-state index in [4.69, 9.17) is 5.11 Å². The maximum absolute atomic E-state index is 11.0. The molecule has 4 heteroatoms. The lowest BCUT2D eigenvalue weighted by molar-refractivity contribution is 0.0697. The Morgan fingerprint density at radius 2 is 1.54 bits per heavy atom. The molecule has 26 heavy (non-hydrogen) atoms. The molecular formula is C22H19NO2S. The summed E-state index contributed by atoms with van der Waals surface area (Å²) in [7, 11) is 0. The second-order valence-electron chi connectivity index (χ2n) is 6.05. The van der Waals surface area contributed by atoms with E-state index in [1.807, 2.05) is 19.1 Å². The SMILES string of the molecule is Cc1ccc(Sc2ccc(C=Nc3ccc(C(=O)O)cc3C)cc2)cc1. The first-order chi connectivity index (χ1) is 12.5. The van der Waals surface area contributed by atoms with Gasteiger partial charge in [-0.2, -0.15) is 0 Å². The third kappa shape index (κ3) is 4.61. The van der Waals surface area contributed by atoms with Crippen molar-refractivity contribution in [1.82, 2.24) is 0 Å². The number of carbonyl (C=O) groups is 1. The van der Waals surface area contributed by atoms with Gasteiger partial charge >= 0.3 is 5.97 Å². The molecule has 0 spiro atoms. The Kier molecular flexibility index (Phi) is 5.54. The number of aryl methyl sites for hydroxylation is 2. The Hall–Kier alpha value is -2.85. The van der Waals surface area contributed by atoms with Gasteiger partial charge in [0.1, 0.15) is 0 Å². The van der Waals surface area contributed by atoms with Gasteiger partial charge in [-0.3, -0.25) is 4.99 Å². The molecule has 0 saturated carbocycles. The van der Waals surface area contributed by atoms with Crippen molar-refractivity contribution in [2.24, 2.45) is 4.99 Å². The minimum atomic E-state index is -0.926. The fourth-order valence-corrected chi connectivity index (χ4v) is 3.26. The van der Waals surface area contributed by atoms with Gasteiger partial charge in [0, 0.05) is 16.0 Å². The first-order valence-corrected chi connectivity index (χ1v) is 9.05. The molecule has 1 N–H and O–H groups in total. The number of hydrogen-bond acceptors (Lipinski definition) is 3. The number of carboxylic acid groups (broad SMARTS) is 1. The second-order valence-corrected chi connectivity index (χ2v) is 7.20. The summed E-state index contributed by atoms with van der Waals surface area (Å²) < 4.78 is 0. The first kappa shape index (κ1) is 18.0. The van der Waals surface area contributed by atoms with Gasteiger partial charge in [0.15, 0.2) is 0 Å². The lowest BCUT2D eigenvalue weighted by Gasteiger charge is -2.03. The molecule has 130 valence electrons. The molecule has 0 amide bonds. The lowest BCUT2D eigenvalue weighted by Crippen LogP contribution is -1.95. The third-order valence-electron chi connectivity index (χ3n) is 3.93. The smallest absolute Gasteiger partial charge is 0.335 e. The van der Waals surface area contributed by atoms with E-state index in [-0.39, 0.29) is 5.56 Å². The van der Waals surface area contributed by atoms with Crippen LogP contribution in [0, 0.1) is 13.8 Å². The van der Waals surface area contributed by atoms with E-state index in [0.29, 0.717) is 0 Å². The highest BCUT2D eigenvalue weighted by Crippen LogP contribution is 2.28. The second kappa shape index (κ2) is 8.02. The van der Waals surface area contributed by atoms with Gasteiger partial charge in [0.2, 0.25) is 0 Å². The zero-order valence-electron chi connectivity index (χ0n) is 14.6. The Morgan fingerprint density at radius 3 is 2.12 bits per heavy atom. The van der Waals surface area contributed by atoms with E-state index in [1.54, 1.807) is 36.2 Å². The maximum atomic E-state index is 11.0. The molecule has 3 aromatic rings. The minimum absolute atomic E-state index is 0.277. The summed E-state index contributed by atoms with van der Waals surface area (Å²) in [6, 6.07) is 21.6. The van der Waals surface area contributed by atoms with Crippen molar-refractivity contribution in [2.75, 3.05) is 0 Å². The summed E-state index contributed by atoms with van der Waals surface area (Å²) in [6.45, 7) is 3.94. The predicted molar refractivity (Wildman–Crippen MR) is 107 cm³/mol. The van der Waals surface area contributed by atoms with Crippen molar-refractivity contribution in [1.29, 1.82) is 0 Å². The Morgan fingerprint density at radius 1 is 0.923 bits per heavy atom. The third-order valence-corrected chi connectivity index (χ3v) is 4.95. The molecule has 0 aliphatic heterocycles. The standard InChI is InChI=1S/C22H19NO2S/c1-15-3-8-19(9-4-15)26-20-10-5-17(6-11-20)14-23-21-12-7-18(22(24)25)13-16(21)2/h3-14H,1-2H3,(H,24,25). The fourth-order valence-electron chi connectivity index (χ4n) is 2.44. The Bertz CT molecular complexity index is 945. The van der Waals surface area contributed by atoms with E-state index >= 15 is 0 Å². The summed E-state index contributed by atoms with van der Waals surface area (Å²) in [5.74, 6) is -0.926. The van der Waals surface area contributed by atoms with Crippen LogP contribution in [0.1, 0.15) is 27.0 Å².